The summed E-state index contributed by atoms with van der Waals surface area (Å²) < 4.78 is 0. The Kier molecular flexibility index (Phi) is 4.76. The Morgan fingerprint density at radius 2 is 1.78 bits per heavy atom. The standard InChI is InChI=1S/C16H26N2/c1-12-8-13(2)10-15(9-12)16(17-3)11-14-4-6-18-7-5-14/h4-7,12-13,15-17H,8-11H2,1-3H3. The molecule has 1 saturated carbocycles. The minimum atomic E-state index is 0.609. The SMILES string of the molecule is CNC(Cc1ccncc1)C1CC(C)CC(C)C1. The van der Waals surface area contributed by atoms with E-state index in [0.717, 1.165) is 24.2 Å². The van der Waals surface area contributed by atoms with E-state index in [4.69, 9.17) is 0 Å². The molecule has 2 nitrogen and oxygen atoms in total. The number of nitrogens with zero attached hydrogens (tertiary/aromatic N) is 1. The number of pyridine rings is 1. The summed E-state index contributed by atoms with van der Waals surface area (Å²) in [4.78, 5) is 4.09. The van der Waals surface area contributed by atoms with Gasteiger partial charge in [0, 0.05) is 18.4 Å². The fourth-order valence-electron chi connectivity index (χ4n) is 3.61. The Bertz CT molecular complexity index is 339. The van der Waals surface area contributed by atoms with Crippen LogP contribution in [0.15, 0.2) is 24.5 Å². The molecule has 0 saturated heterocycles. The van der Waals surface area contributed by atoms with Crippen molar-refractivity contribution in [1.29, 1.82) is 0 Å². The summed E-state index contributed by atoms with van der Waals surface area (Å²) in [5.41, 5.74) is 1.40. The molecule has 0 spiro atoms. The Morgan fingerprint density at radius 3 is 2.33 bits per heavy atom. The molecule has 0 amide bonds. The molecule has 2 rings (SSSR count). The van der Waals surface area contributed by atoms with E-state index >= 15 is 0 Å². The number of likely N-dealkylation sites (N-methyl/N-ethyl adjacent to an activating group) is 1. The number of aromatic nitrogens is 1. The fourth-order valence-corrected chi connectivity index (χ4v) is 3.61. The minimum Gasteiger partial charge on any atom is -0.316 e. The van der Waals surface area contributed by atoms with Crippen LogP contribution in [0.3, 0.4) is 0 Å². The van der Waals surface area contributed by atoms with Gasteiger partial charge >= 0.3 is 0 Å². The summed E-state index contributed by atoms with van der Waals surface area (Å²) in [5, 5.41) is 3.54. The molecule has 1 aromatic rings. The first-order chi connectivity index (χ1) is 8.69. The lowest BCUT2D eigenvalue weighted by Crippen LogP contribution is -2.39. The predicted molar refractivity (Wildman–Crippen MR) is 76.5 cm³/mol. The molecule has 1 N–H and O–H groups in total. The van der Waals surface area contributed by atoms with Crippen molar-refractivity contribution >= 4 is 0 Å². The van der Waals surface area contributed by atoms with Gasteiger partial charge in [-0.05, 0) is 68.2 Å². The van der Waals surface area contributed by atoms with E-state index in [1.54, 1.807) is 0 Å². The van der Waals surface area contributed by atoms with E-state index in [1.165, 1.54) is 24.8 Å². The molecule has 1 aliphatic carbocycles. The van der Waals surface area contributed by atoms with Gasteiger partial charge in [-0.1, -0.05) is 13.8 Å². The third-order valence-electron chi connectivity index (χ3n) is 4.36. The quantitative estimate of drug-likeness (QED) is 0.882. The van der Waals surface area contributed by atoms with Crippen molar-refractivity contribution in [2.45, 2.75) is 45.6 Å². The summed E-state index contributed by atoms with van der Waals surface area (Å²) in [7, 11) is 2.11. The van der Waals surface area contributed by atoms with Crippen LogP contribution < -0.4 is 5.32 Å². The smallest absolute Gasteiger partial charge is 0.0270 e. The third-order valence-corrected chi connectivity index (χ3v) is 4.36. The molecule has 3 unspecified atom stereocenters. The molecule has 0 aromatic carbocycles. The molecule has 0 aliphatic heterocycles. The molecular weight excluding hydrogens is 220 g/mol. The highest BCUT2D eigenvalue weighted by atomic mass is 14.9. The highest BCUT2D eigenvalue weighted by Crippen LogP contribution is 2.35. The first-order valence-corrected chi connectivity index (χ1v) is 7.25. The zero-order valence-electron chi connectivity index (χ0n) is 11.9. The van der Waals surface area contributed by atoms with Crippen molar-refractivity contribution in [3.8, 4) is 0 Å². The van der Waals surface area contributed by atoms with Crippen LogP contribution in [0.4, 0.5) is 0 Å². The van der Waals surface area contributed by atoms with E-state index in [-0.39, 0.29) is 0 Å². The maximum atomic E-state index is 4.09. The van der Waals surface area contributed by atoms with Gasteiger partial charge in [-0.3, -0.25) is 4.98 Å². The Balaban J connectivity index is 2.00. The van der Waals surface area contributed by atoms with E-state index in [0.29, 0.717) is 6.04 Å². The first kappa shape index (κ1) is 13.5. The molecule has 18 heavy (non-hydrogen) atoms. The molecule has 0 bridgehead atoms. The van der Waals surface area contributed by atoms with Crippen LogP contribution in [0.1, 0.15) is 38.7 Å². The molecule has 1 aliphatic rings. The van der Waals surface area contributed by atoms with Gasteiger partial charge in [-0.2, -0.15) is 0 Å². The summed E-state index contributed by atoms with van der Waals surface area (Å²) in [5.74, 6) is 2.58. The number of hydrogen-bond acceptors (Lipinski definition) is 2. The van der Waals surface area contributed by atoms with Crippen LogP contribution in [0.5, 0.6) is 0 Å². The van der Waals surface area contributed by atoms with E-state index in [2.05, 4.69) is 43.3 Å². The lowest BCUT2D eigenvalue weighted by atomic mass is 9.73. The molecule has 2 heteroatoms. The number of nitrogens with one attached hydrogen (secondary N) is 1. The maximum Gasteiger partial charge on any atom is 0.0270 e. The van der Waals surface area contributed by atoms with Crippen LogP contribution in [0.25, 0.3) is 0 Å². The van der Waals surface area contributed by atoms with Gasteiger partial charge in [0.05, 0.1) is 0 Å². The van der Waals surface area contributed by atoms with Crippen molar-refractivity contribution in [3.05, 3.63) is 30.1 Å². The van der Waals surface area contributed by atoms with E-state index < -0.39 is 0 Å². The number of rotatable bonds is 4. The van der Waals surface area contributed by atoms with Gasteiger partial charge in [0.1, 0.15) is 0 Å². The molecule has 1 aromatic heterocycles. The Hall–Kier alpha value is -0.890. The average molecular weight is 246 g/mol. The first-order valence-electron chi connectivity index (χ1n) is 7.25. The van der Waals surface area contributed by atoms with Crippen LogP contribution in [-0.4, -0.2) is 18.1 Å². The van der Waals surface area contributed by atoms with Gasteiger partial charge < -0.3 is 5.32 Å². The number of hydrogen-bond donors (Lipinski definition) is 1. The van der Waals surface area contributed by atoms with Gasteiger partial charge in [-0.15, -0.1) is 0 Å². The molecule has 100 valence electrons. The van der Waals surface area contributed by atoms with Crippen LogP contribution in [0.2, 0.25) is 0 Å². The monoisotopic (exact) mass is 246 g/mol. The van der Waals surface area contributed by atoms with E-state index in [9.17, 15) is 0 Å². The fraction of sp³-hybridized carbons (Fsp3) is 0.688. The Morgan fingerprint density at radius 1 is 1.17 bits per heavy atom. The molecular formula is C16H26N2. The molecule has 3 atom stereocenters. The minimum absolute atomic E-state index is 0.609. The zero-order chi connectivity index (χ0) is 13.0. The van der Waals surface area contributed by atoms with Crippen molar-refractivity contribution in [3.63, 3.8) is 0 Å². The van der Waals surface area contributed by atoms with Crippen molar-refractivity contribution < 1.29 is 0 Å². The lowest BCUT2D eigenvalue weighted by Gasteiger charge is -2.36. The maximum absolute atomic E-state index is 4.09. The lowest BCUT2D eigenvalue weighted by molar-refractivity contribution is 0.179. The zero-order valence-corrected chi connectivity index (χ0v) is 11.9. The second kappa shape index (κ2) is 6.33. The molecule has 1 heterocycles. The van der Waals surface area contributed by atoms with Crippen molar-refractivity contribution in [1.82, 2.24) is 10.3 Å². The van der Waals surface area contributed by atoms with Crippen molar-refractivity contribution in [2.24, 2.45) is 17.8 Å². The Labute approximate surface area is 111 Å². The molecule has 1 fully saturated rings. The second-order valence-electron chi connectivity index (χ2n) is 6.13. The second-order valence-corrected chi connectivity index (χ2v) is 6.13. The van der Waals surface area contributed by atoms with E-state index in [1.807, 2.05) is 12.4 Å². The van der Waals surface area contributed by atoms with Crippen molar-refractivity contribution in [2.75, 3.05) is 7.05 Å². The van der Waals surface area contributed by atoms with Gasteiger partial charge in [0.15, 0.2) is 0 Å². The van der Waals surface area contributed by atoms with Gasteiger partial charge in [-0.25, -0.2) is 0 Å². The average Bonchev–Trinajstić information content (AvgIpc) is 2.36. The van der Waals surface area contributed by atoms with Gasteiger partial charge in [0.2, 0.25) is 0 Å². The summed E-state index contributed by atoms with van der Waals surface area (Å²) in [6.07, 6.45) is 9.08. The van der Waals surface area contributed by atoms with Crippen LogP contribution >= 0.6 is 0 Å². The van der Waals surface area contributed by atoms with Crippen LogP contribution in [0, 0.1) is 17.8 Å². The topological polar surface area (TPSA) is 24.9 Å². The predicted octanol–water partition coefficient (Wildman–Crippen LogP) is 3.28. The normalized spacial score (nSPS) is 30.1. The summed E-state index contributed by atoms with van der Waals surface area (Å²) in [6.45, 7) is 4.81. The van der Waals surface area contributed by atoms with Gasteiger partial charge in [0.25, 0.3) is 0 Å². The molecule has 0 radical (unpaired) electrons. The summed E-state index contributed by atoms with van der Waals surface area (Å²) in [6, 6.07) is 4.89. The van der Waals surface area contributed by atoms with Crippen LogP contribution in [-0.2, 0) is 6.42 Å². The highest BCUT2D eigenvalue weighted by Gasteiger charge is 2.29. The summed E-state index contributed by atoms with van der Waals surface area (Å²) >= 11 is 0. The largest absolute Gasteiger partial charge is 0.316 e. The highest BCUT2D eigenvalue weighted by molar-refractivity contribution is 5.12. The third kappa shape index (κ3) is 3.55.